The van der Waals surface area contributed by atoms with Crippen LogP contribution in [0.2, 0.25) is 5.02 Å². The predicted octanol–water partition coefficient (Wildman–Crippen LogP) is 1.64. The maximum Gasteiger partial charge on any atom is 0.261 e. The molecule has 0 amide bonds. The highest BCUT2D eigenvalue weighted by Crippen LogP contribution is 2.29. The highest BCUT2D eigenvalue weighted by molar-refractivity contribution is 9.09. The molecule has 1 saturated heterocycles. The van der Waals surface area contributed by atoms with Gasteiger partial charge >= 0.3 is 0 Å². The Morgan fingerprint density at radius 1 is 1.60 bits per heavy atom. The number of sulfonamides is 1. The third-order valence-corrected chi connectivity index (χ3v) is 6.09. The fraction of sp³-hybridized carbons (Fsp3) is 0.727. The molecule has 0 aliphatic carbocycles. The zero-order valence-corrected chi connectivity index (χ0v) is 14.7. The van der Waals surface area contributed by atoms with Gasteiger partial charge in [0, 0.05) is 25.5 Å². The lowest BCUT2D eigenvalue weighted by Gasteiger charge is -2.41. The summed E-state index contributed by atoms with van der Waals surface area (Å²) in [6.07, 6.45) is 1.14. The van der Waals surface area contributed by atoms with Crippen LogP contribution >= 0.6 is 27.5 Å². The van der Waals surface area contributed by atoms with E-state index < -0.39 is 15.6 Å². The normalized spacial score (nSPS) is 23.9. The molecule has 1 aromatic rings. The zero-order chi connectivity index (χ0) is 15.1. The van der Waals surface area contributed by atoms with Crippen molar-refractivity contribution in [3.8, 4) is 0 Å². The van der Waals surface area contributed by atoms with Gasteiger partial charge in [-0.3, -0.25) is 4.68 Å². The van der Waals surface area contributed by atoms with Crippen LogP contribution in [0.25, 0.3) is 0 Å². The Morgan fingerprint density at radius 2 is 2.25 bits per heavy atom. The van der Waals surface area contributed by atoms with E-state index in [2.05, 4.69) is 21.0 Å². The zero-order valence-electron chi connectivity index (χ0n) is 11.5. The summed E-state index contributed by atoms with van der Waals surface area (Å²) in [5.41, 5.74) is -0.547. The summed E-state index contributed by atoms with van der Waals surface area (Å²) in [5, 5.41) is 4.61. The van der Waals surface area contributed by atoms with E-state index in [1.807, 2.05) is 13.8 Å². The summed E-state index contributed by atoms with van der Waals surface area (Å²) < 4.78 is 34.0. The standard InChI is InChI=1S/C11H17BrClN3O3S/c1-11(2)7-16(6-8(4-12)19-11)20(17,18)10-9(13)5-14-15(10)3/h5,8H,4,6-7H2,1-3H3. The van der Waals surface area contributed by atoms with Gasteiger partial charge in [0.2, 0.25) is 0 Å². The van der Waals surface area contributed by atoms with E-state index >= 15 is 0 Å². The Kier molecular flexibility index (Phi) is 4.52. The number of rotatable bonds is 3. The Morgan fingerprint density at radius 3 is 2.75 bits per heavy atom. The van der Waals surface area contributed by atoms with Crippen LogP contribution in [-0.4, -0.2) is 52.6 Å². The minimum Gasteiger partial charge on any atom is -0.369 e. The minimum atomic E-state index is -3.69. The molecule has 1 aliphatic heterocycles. The average Bonchev–Trinajstić information content (AvgIpc) is 2.67. The molecule has 6 nitrogen and oxygen atoms in total. The van der Waals surface area contributed by atoms with E-state index in [0.29, 0.717) is 11.9 Å². The first-order chi connectivity index (χ1) is 9.17. The molecule has 20 heavy (non-hydrogen) atoms. The molecule has 0 aromatic carbocycles. The number of halogens is 2. The molecule has 1 unspecified atom stereocenters. The summed E-state index contributed by atoms with van der Waals surface area (Å²) in [7, 11) is -2.13. The molecule has 1 aromatic heterocycles. The van der Waals surface area contributed by atoms with Gasteiger partial charge in [0.1, 0.15) is 0 Å². The van der Waals surface area contributed by atoms with Gasteiger partial charge in [-0.2, -0.15) is 9.40 Å². The highest BCUT2D eigenvalue weighted by atomic mass is 79.9. The number of hydrogen-bond donors (Lipinski definition) is 0. The van der Waals surface area contributed by atoms with E-state index in [-0.39, 0.29) is 22.7 Å². The number of alkyl halides is 1. The molecule has 1 fully saturated rings. The van der Waals surface area contributed by atoms with Gasteiger partial charge in [0.05, 0.1) is 22.9 Å². The first kappa shape index (κ1) is 16.2. The van der Waals surface area contributed by atoms with Crippen LogP contribution in [0.5, 0.6) is 0 Å². The van der Waals surface area contributed by atoms with Crippen molar-refractivity contribution in [1.82, 2.24) is 14.1 Å². The third kappa shape index (κ3) is 3.04. The quantitative estimate of drug-likeness (QED) is 0.741. The van der Waals surface area contributed by atoms with Gasteiger partial charge in [0.25, 0.3) is 10.0 Å². The molecule has 0 spiro atoms. The van der Waals surface area contributed by atoms with Gasteiger partial charge in [-0.15, -0.1) is 0 Å². The van der Waals surface area contributed by atoms with Gasteiger partial charge in [-0.05, 0) is 13.8 Å². The molecule has 0 N–H and O–H groups in total. The number of hydrogen-bond acceptors (Lipinski definition) is 4. The van der Waals surface area contributed by atoms with Crippen LogP contribution in [0.4, 0.5) is 0 Å². The SMILES string of the molecule is Cn1ncc(Cl)c1S(=O)(=O)N1CC(CBr)OC(C)(C)C1. The van der Waals surface area contributed by atoms with Gasteiger partial charge < -0.3 is 4.74 Å². The van der Waals surface area contributed by atoms with Crippen LogP contribution in [0.15, 0.2) is 11.2 Å². The number of nitrogens with zero attached hydrogens (tertiary/aromatic N) is 3. The van der Waals surface area contributed by atoms with E-state index in [1.54, 1.807) is 7.05 Å². The van der Waals surface area contributed by atoms with Crippen molar-refractivity contribution in [1.29, 1.82) is 0 Å². The lowest BCUT2D eigenvalue weighted by Crippen LogP contribution is -2.55. The summed E-state index contributed by atoms with van der Waals surface area (Å²) in [6, 6.07) is 0. The Hall–Kier alpha value is -0.150. The molecular formula is C11H17BrClN3O3S. The molecule has 0 saturated carbocycles. The lowest BCUT2D eigenvalue weighted by molar-refractivity contribution is -0.107. The lowest BCUT2D eigenvalue weighted by atomic mass is 10.1. The second-order valence-electron chi connectivity index (χ2n) is 5.37. The van der Waals surface area contributed by atoms with Crippen LogP contribution < -0.4 is 0 Å². The Labute approximate surface area is 132 Å². The molecule has 9 heteroatoms. The van der Waals surface area contributed by atoms with E-state index in [0.717, 1.165) is 0 Å². The smallest absolute Gasteiger partial charge is 0.261 e. The summed E-state index contributed by atoms with van der Waals surface area (Å²) in [6.45, 7) is 4.31. The maximum absolute atomic E-state index is 12.7. The van der Waals surface area contributed by atoms with E-state index in [1.165, 1.54) is 15.2 Å². The average molecular weight is 387 g/mol. The Balaban J connectivity index is 2.39. The first-order valence-corrected chi connectivity index (χ1v) is 9.03. The Bertz CT molecular complexity index is 583. The fourth-order valence-corrected chi connectivity index (χ4v) is 4.88. The summed E-state index contributed by atoms with van der Waals surface area (Å²) in [4.78, 5) is 0. The molecule has 114 valence electrons. The van der Waals surface area contributed by atoms with Crippen LogP contribution in [0.3, 0.4) is 0 Å². The van der Waals surface area contributed by atoms with E-state index in [4.69, 9.17) is 16.3 Å². The predicted molar refractivity (Wildman–Crippen MR) is 79.7 cm³/mol. The largest absolute Gasteiger partial charge is 0.369 e. The number of aromatic nitrogens is 2. The molecule has 1 atom stereocenters. The van der Waals surface area contributed by atoms with E-state index in [9.17, 15) is 8.42 Å². The van der Waals surface area contributed by atoms with Gasteiger partial charge in [0.15, 0.2) is 5.03 Å². The molecule has 1 aliphatic rings. The van der Waals surface area contributed by atoms with Gasteiger partial charge in [-0.1, -0.05) is 27.5 Å². The maximum atomic E-state index is 12.7. The topological polar surface area (TPSA) is 64.4 Å². The van der Waals surface area contributed by atoms with Crippen molar-refractivity contribution in [2.45, 2.75) is 30.6 Å². The minimum absolute atomic E-state index is 0.0187. The van der Waals surface area contributed by atoms with Crippen LogP contribution in [-0.2, 0) is 21.8 Å². The number of aryl methyl sites for hydroxylation is 1. The summed E-state index contributed by atoms with van der Waals surface area (Å²) >= 11 is 9.30. The monoisotopic (exact) mass is 385 g/mol. The second-order valence-corrected chi connectivity index (χ2v) is 8.28. The van der Waals surface area contributed by atoms with Crippen LogP contribution in [0, 0.1) is 0 Å². The van der Waals surface area contributed by atoms with Crippen molar-refractivity contribution in [3.05, 3.63) is 11.2 Å². The fourth-order valence-electron chi connectivity index (χ4n) is 2.32. The third-order valence-electron chi connectivity index (χ3n) is 3.05. The second kappa shape index (κ2) is 5.57. The van der Waals surface area contributed by atoms with Crippen LogP contribution in [0.1, 0.15) is 13.8 Å². The molecule has 0 bridgehead atoms. The number of morpholine rings is 1. The molecular weight excluding hydrogens is 370 g/mol. The highest BCUT2D eigenvalue weighted by Gasteiger charge is 2.40. The molecule has 0 radical (unpaired) electrons. The molecule has 2 rings (SSSR count). The van der Waals surface area contributed by atoms with Gasteiger partial charge in [-0.25, -0.2) is 8.42 Å². The van der Waals surface area contributed by atoms with Crippen molar-refractivity contribution >= 4 is 37.6 Å². The first-order valence-electron chi connectivity index (χ1n) is 6.09. The van der Waals surface area contributed by atoms with Crippen molar-refractivity contribution in [2.75, 3.05) is 18.4 Å². The number of ether oxygens (including phenoxy) is 1. The summed E-state index contributed by atoms with van der Waals surface area (Å²) in [5.74, 6) is 0. The molecule has 2 heterocycles. The van der Waals surface area contributed by atoms with Crippen molar-refractivity contribution in [3.63, 3.8) is 0 Å². The van der Waals surface area contributed by atoms with Crippen molar-refractivity contribution < 1.29 is 13.2 Å². The van der Waals surface area contributed by atoms with Crippen molar-refractivity contribution in [2.24, 2.45) is 7.05 Å².